The second-order valence-electron chi connectivity index (χ2n) is 5.40. The van der Waals surface area contributed by atoms with Gasteiger partial charge in [-0.05, 0) is 46.5 Å². The van der Waals surface area contributed by atoms with Gasteiger partial charge in [0.1, 0.15) is 5.60 Å². The second-order valence-corrected chi connectivity index (χ2v) is 6.62. The normalized spacial score (nSPS) is 27.3. The maximum Gasteiger partial charge on any atom is 0.407 e. The molecular formula is C11H21NO4S. The van der Waals surface area contributed by atoms with E-state index in [4.69, 9.17) is 9.29 Å². The SMILES string of the molecule is CC(C)(C)OC(=O)NC1CCC(S(=O)O)CC1. The highest BCUT2D eigenvalue weighted by Crippen LogP contribution is 2.22. The Labute approximate surface area is 105 Å². The molecule has 1 aliphatic rings. The van der Waals surface area contributed by atoms with Crippen LogP contribution in [0.15, 0.2) is 0 Å². The molecule has 1 amide bonds. The van der Waals surface area contributed by atoms with Gasteiger partial charge in [-0.1, -0.05) is 0 Å². The average Bonchev–Trinajstić information content (AvgIpc) is 2.15. The summed E-state index contributed by atoms with van der Waals surface area (Å²) in [5, 5.41) is 2.65. The van der Waals surface area contributed by atoms with Gasteiger partial charge in [0.25, 0.3) is 0 Å². The zero-order valence-electron chi connectivity index (χ0n) is 10.6. The number of carbonyl (C=O) groups excluding carboxylic acids is 1. The van der Waals surface area contributed by atoms with Gasteiger partial charge in [-0.2, -0.15) is 0 Å². The summed E-state index contributed by atoms with van der Waals surface area (Å²) >= 11 is -1.74. The van der Waals surface area contributed by atoms with Gasteiger partial charge in [0.15, 0.2) is 11.1 Å². The Kier molecular flexibility index (Phi) is 4.94. The lowest BCUT2D eigenvalue weighted by atomic mass is 9.95. The molecule has 1 rings (SSSR count). The summed E-state index contributed by atoms with van der Waals surface area (Å²) in [4.78, 5) is 11.5. The van der Waals surface area contributed by atoms with Gasteiger partial charge >= 0.3 is 6.09 Å². The predicted molar refractivity (Wildman–Crippen MR) is 66.2 cm³/mol. The van der Waals surface area contributed by atoms with Crippen LogP contribution in [0, 0.1) is 0 Å². The van der Waals surface area contributed by atoms with E-state index in [0.717, 1.165) is 12.8 Å². The fourth-order valence-corrected chi connectivity index (χ4v) is 2.56. The molecule has 1 saturated carbocycles. The second kappa shape index (κ2) is 5.82. The van der Waals surface area contributed by atoms with E-state index in [-0.39, 0.29) is 11.3 Å². The quantitative estimate of drug-likeness (QED) is 0.748. The van der Waals surface area contributed by atoms with E-state index in [2.05, 4.69) is 5.32 Å². The molecule has 0 radical (unpaired) electrons. The van der Waals surface area contributed by atoms with Crippen molar-refractivity contribution < 1.29 is 18.3 Å². The van der Waals surface area contributed by atoms with Gasteiger partial charge in [0.05, 0.1) is 5.25 Å². The van der Waals surface area contributed by atoms with Gasteiger partial charge in [-0.25, -0.2) is 9.00 Å². The van der Waals surface area contributed by atoms with Crippen LogP contribution in [0.4, 0.5) is 4.79 Å². The largest absolute Gasteiger partial charge is 0.444 e. The van der Waals surface area contributed by atoms with Crippen LogP contribution >= 0.6 is 0 Å². The number of hydrogen-bond acceptors (Lipinski definition) is 3. The number of hydrogen-bond donors (Lipinski definition) is 2. The molecule has 6 heteroatoms. The zero-order chi connectivity index (χ0) is 13.1. The summed E-state index contributed by atoms with van der Waals surface area (Å²) in [5.41, 5.74) is -0.492. The molecule has 0 aliphatic heterocycles. The van der Waals surface area contributed by atoms with Crippen molar-refractivity contribution in [3.8, 4) is 0 Å². The van der Waals surface area contributed by atoms with Gasteiger partial charge in [-0.3, -0.25) is 0 Å². The van der Waals surface area contributed by atoms with E-state index in [1.54, 1.807) is 0 Å². The fourth-order valence-electron chi connectivity index (χ4n) is 1.88. The third-order valence-corrected chi connectivity index (χ3v) is 3.72. The molecule has 0 saturated heterocycles. The minimum Gasteiger partial charge on any atom is -0.444 e. The third-order valence-electron chi connectivity index (χ3n) is 2.68. The van der Waals surface area contributed by atoms with Gasteiger partial charge in [-0.15, -0.1) is 0 Å². The first-order valence-corrected chi connectivity index (χ1v) is 7.04. The first-order valence-electron chi connectivity index (χ1n) is 5.87. The molecule has 1 atom stereocenters. The van der Waals surface area contributed by atoms with Crippen LogP contribution in [0.25, 0.3) is 0 Å². The highest BCUT2D eigenvalue weighted by molar-refractivity contribution is 7.79. The van der Waals surface area contributed by atoms with Crippen LogP contribution in [0.2, 0.25) is 0 Å². The Morgan fingerprint density at radius 2 is 1.82 bits per heavy atom. The van der Waals surface area contributed by atoms with E-state index < -0.39 is 22.8 Å². The predicted octanol–water partition coefficient (Wildman–Crippen LogP) is 2.04. The number of ether oxygens (including phenoxy) is 1. The highest BCUT2D eigenvalue weighted by atomic mass is 32.2. The Bertz CT molecular complexity index is 292. The van der Waals surface area contributed by atoms with Crippen molar-refractivity contribution in [3.63, 3.8) is 0 Å². The van der Waals surface area contributed by atoms with Gasteiger partial charge in [0.2, 0.25) is 0 Å². The van der Waals surface area contributed by atoms with Gasteiger partial charge < -0.3 is 14.6 Å². The van der Waals surface area contributed by atoms with Crippen LogP contribution < -0.4 is 5.32 Å². The lowest BCUT2D eigenvalue weighted by Gasteiger charge is -2.28. The maximum absolute atomic E-state index is 11.5. The molecule has 0 spiro atoms. The Morgan fingerprint density at radius 3 is 2.24 bits per heavy atom. The average molecular weight is 263 g/mol. The molecule has 1 fully saturated rings. The smallest absolute Gasteiger partial charge is 0.407 e. The number of alkyl carbamates (subject to hydrolysis) is 1. The minimum atomic E-state index is -1.74. The van der Waals surface area contributed by atoms with Gasteiger partial charge in [0, 0.05) is 6.04 Å². The summed E-state index contributed by atoms with van der Waals surface area (Å²) in [6, 6.07) is 0.0599. The van der Waals surface area contributed by atoms with Crippen LogP contribution in [0.1, 0.15) is 46.5 Å². The van der Waals surface area contributed by atoms with Crippen LogP contribution in [0.5, 0.6) is 0 Å². The molecule has 0 aromatic carbocycles. The highest BCUT2D eigenvalue weighted by Gasteiger charge is 2.26. The summed E-state index contributed by atoms with van der Waals surface area (Å²) in [6.07, 6.45) is 2.39. The number of rotatable bonds is 2. The molecule has 0 heterocycles. The summed E-state index contributed by atoms with van der Waals surface area (Å²) in [5.74, 6) is 0. The summed E-state index contributed by atoms with van der Waals surface area (Å²) < 4.78 is 25.0. The van der Waals surface area contributed by atoms with Crippen molar-refractivity contribution in [2.75, 3.05) is 0 Å². The molecule has 100 valence electrons. The van der Waals surface area contributed by atoms with E-state index in [1.807, 2.05) is 20.8 Å². The van der Waals surface area contributed by atoms with Crippen molar-refractivity contribution in [1.82, 2.24) is 5.32 Å². The van der Waals surface area contributed by atoms with Crippen molar-refractivity contribution >= 4 is 17.2 Å². The van der Waals surface area contributed by atoms with Crippen LogP contribution in [0.3, 0.4) is 0 Å². The van der Waals surface area contributed by atoms with Crippen LogP contribution in [-0.4, -0.2) is 31.7 Å². The van der Waals surface area contributed by atoms with E-state index in [9.17, 15) is 9.00 Å². The number of amides is 1. The van der Waals surface area contributed by atoms with E-state index >= 15 is 0 Å². The molecule has 1 unspecified atom stereocenters. The monoisotopic (exact) mass is 263 g/mol. The van der Waals surface area contributed by atoms with Crippen molar-refractivity contribution in [3.05, 3.63) is 0 Å². The number of nitrogens with one attached hydrogen (secondary N) is 1. The summed E-state index contributed by atoms with van der Waals surface area (Å²) in [7, 11) is 0. The van der Waals surface area contributed by atoms with Crippen molar-refractivity contribution in [2.45, 2.75) is 63.3 Å². The minimum absolute atomic E-state index is 0.0599. The Morgan fingerprint density at radius 1 is 1.29 bits per heavy atom. The molecule has 0 aromatic heterocycles. The molecule has 0 aromatic rings. The standard InChI is InChI=1S/C11H21NO4S/c1-11(2,3)16-10(13)12-8-4-6-9(7-5-8)17(14)15/h8-9H,4-7H2,1-3H3,(H,12,13)(H,14,15). The number of carbonyl (C=O) groups is 1. The van der Waals surface area contributed by atoms with E-state index in [0.29, 0.717) is 12.8 Å². The zero-order valence-corrected chi connectivity index (χ0v) is 11.4. The first-order chi connectivity index (χ1) is 7.78. The van der Waals surface area contributed by atoms with Crippen molar-refractivity contribution in [1.29, 1.82) is 0 Å². The lowest BCUT2D eigenvalue weighted by molar-refractivity contribution is 0.0493. The molecule has 0 bridgehead atoms. The van der Waals surface area contributed by atoms with Crippen LogP contribution in [-0.2, 0) is 15.8 Å². The molecule has 1 aliphatic carbocycles. The molecule has 17 heavy (non-hydrogen) atoms. The molecular weight excluding hydrogens is 242 g/mol. The maximum atomic E-state index is 11.5. The van der Waals surface area contributed by atoms with E-state index in [1.165, 1.54) is 0 Å². The summed E-state index contributed by atoms with van der Waals surface area (Å²) in [6.45, 7) is 5.45. The molecule has 2 N–H and O–H groups in total. The van der Waals surface area contributed by atoms with Crippen molar-refractivity contribution in [2.24, 2.45) is 0 Å². The first kappa shape index (κ1) is 14.4. The fraction of sp³-hybridized carbons (Fsp3) is 0.909. The topological polar surface area (TPSA) is 75.6 Å². The lowest BCUT2D eigenvalue weighted by Crippen LogP contribution is -2.42. The Balaban J connectivity index is 2.31. The third kappa shape index (κ3) is 5.50. The Hall–Kier alpha value is -0.620. The molecule has 5 nitrogen and oxygen atoms in total.